The first kappa shape index (κ1) is 8.91. The van der Waals surface area contributed by atoms with Gasteiger partial charge in [0.2, 0.25) is 5.91 Å². The van der Waals surface area contributed by atoms with E-state index < -0.39 is 0 Å². The van der Waals surface area contributed by atoms with Crippen molar-refractivity contribution in [1.82, 2.24) is 4.90 Å². The van der Waals surface area contributed by atoms with Crippen LogP contribution in [-0.2, 0) is 4.79 Å². The molecule has 0 spiro atoms. The number of nitrogens with zero attached hydrogens (tertiary/aromatic N) is 1. The van der Waals surface area contributed by atoms with Gasteiger partial charge in [0.15, 0.2) is 0 Å². The van der Waals surface area contributed by atoms with E-state index in [4.69, 9.17) is 0 Å². The molecule has 15 heavy (non-hydrogen) atoms. The van der Waals surface area contributed by atoms with Crippen molar-refractivity contribution < 1.29 is 9.59 Å². The molecular formula is C10H10N2O2S. The summed E-state index contributed by atoms with van der Waals surface area (Å²) in [7, 11) is 0. The molecule has 4 nitrogen and oxygen atoms in total. The van der Waals surface area contributed by atoms with Crippen LogP contribution in [0.2, 0.25) is 0 Å². The molecule has 1 aromatic rings. The second-order valence-electron chi connectivity index (χ2n) is 3.81. The molecule has 2 aliphatic rings. The Kier molecular flexibility index (Phi) is 1.82. The van der Waals surface area contributed by atoms with E-state index in [1.54, 1.807) is 11.0 Å². The van der Waals surface area contributed by atoms with E-state index in [0.717, 1.165) is 12.8 Å². The van der Waals surface area contributed by atoms with E-state index in [0.29, 0.717) is 17.1 Å². The van der Waals surface area contributed by atoms with Crippen molar-refractivity contribution in [2.75, 3.05) is 11.9 Å². The highest BCUT2D eigenvalue weighted by molar-refractivity contribution is 7.14. The number of rotatable bonds is 0. The van der Waals surface area contributed by atoms with Gasteiger partial charge < -0.3 is 10.2 Å². The summed E-state index contributed by atoms with van der Waals surface area (Å²) in [5.74, 6) is -0.0471. The minimum atomic E-state index is -0.253. The van der Waals surface area contributed by atoms with Crippen molar-refractivity contribution in [2.24, 2.45) is 0 Å². The molecule has 0 radical (unpaired) electrons. The van der Waals surface area contributed by atoms with Crippen molar-refractivity contribution in [3.05, 3.63) is 17.0 Å². The largest absolute Gasteiger partial charge is 0.327 e. The van der Waals surface area contributed by atoms with E-state index in [-0.39, 0.29) is 17.9 Å². The van der Waals surface area contributed by atoms with E-state index in [9.17, 15) is 9.59 Å². The van der Waals surface area contributed by atoms with Crippen LogP contribution in [0.1, 0.15) is 23.2 Å². The van der Waals surface area contributed by atoms with Crippen molar-refractivity contribution >= 4 is 28.2 Å². The standard InChI is InChI=1S/C10H10N2O2S/c13-8-7-2-1-4-12(7)10(14)6-3-5-15-9(6)11-8/h3,5,7H,1-2,4H2,(H,11,13)/t7-/m1/s1. The Morgan fingerprint density at radius 1 is 1.47 bits per heavy atom. The molecule has 2 aliphatic heterocycles. The number of anilines is 1. The lowest BCUT2D eigenvalue weighted by Crippen LogP contribution is -2.40. The summed E-state index contributed by atoms with van der Waals surface area (Å²) in [4.78, 5) is 25.6. The summed E-state index contributed by atoms with van der Waals surface area (Å²) < 4.78 is 0. The lowest BCUT2D eigenvalue weighted by molar-refractivity contribution is -0.119. The summed E-state index contributed by atoms with van der Waals surface area (Å²) in [6, 6.07) is 1.53. The van der Waals surface area contributed by atoms with Crippen molar-refractivity contribution in [2.45, 2.75) is 18.9 Å². The Morgan fingerprint density at radius 3 is 3.20 bits per heavy atom. The van der Waals surface area contributed by atoms with Gasteiger partial charge in [-0.15, -0.1) is 11.3 Å². The predicted octanol–water partition coefficient (Wildman–Crippen LogP) is 1.30. The smallest absolute Gasteiger partial charge is 0.257 e. The van der Waals surface area contributed by atoms with Crippen molar-refractivity contribution in [3.63, 3.8) is 0 Å². The third kappa shape index (κ3) is 1.19. The third-order valence-corrected chi connectivity index (χ3v) is 3.78. The zero-order valence-electron chi connectivity index (χ0n) is 8.03. The first-order valence-electron chi connectivity index (χ1n) is 4.97. The number of fused-ring (bicyclic) bond motifs is 2. The number of carbonyl (C=O) groups is 2. The maximum Gasteiger partial charge on any atom is 0.257 e. The molecule has 2 amide bonds. The van der Waals surface area contributed by atoms with Crippen LogP contribution in [-0.4, -0.2) is 29.3 Å². The van der Waals surface area contributed by atoms with Gasteiger partial charge in [0.1, 0.15) is 11.0 Å². The first-order valence-corrected chi connectivity index (χ1v) is 5.84. The van der Waals surface area contributed by atoms with Crippen LogP contribution in [0.5, 0.6) is 0 Å². The highest BCUT2D eigenvalue weighted by Gasteiger charge is 2.38. The Hall–Kier alpha value is -1.36. The van der Waals surface area contributed by atoms with Crippen LogP contribution in [0.3, 0.4) is 0 Å². The number of hydrogen-bond acceptors (Lipinski definition) is 3. The summed E-state index contributed by atoms with van der Waals surface area (Å²) in [5, 5.41) is 5.35. The molecule has 0 aromatic carbocycles. The van der Waals surface area contributed by atoms with E-state index >= 15 is 0 Å². The fraction of sp³-hybridized carbons (Fsp3) is 0.400. The first-order chi connectivity index (χ1) is 7.27. The Bertz CT molecular complexity index is 440. The Morgan fingerprint density at radius 2 is 2.33 bits per heavy atom. The molecule has 0 saturated carbocycles. The van der Waals surface area contributed by atoms with Crippen LogP contribution < -0.4 is 5.32 Å². The SMILES string of the molecule is O=C1Nc2sccc2C(=O)N2CCC[C@H]12. The molecule has 1 saturated heterocycles. The van der Waals surface area contributed by atoms with E-state index in [2.05, 4.69) is 5.32 Å². The predicted molar refractivity (Wildman–Crippen MR) is 57.0 cm³/mol. The van der Waals surface area contributed by atoms with Gasteiger partial charge in [-0.2, -0.15) is 0 Å². The molecule has 78 valence electrons. The van der Waals surface area contributed by atoms with Crippen LogP contribution in [0.4, 0.5) is 5.00 Å². The maximum atomic E-state index is 12.1. The Balaban J connectivity index is 2.09. The summed E-state index contributed by atoms with van der Waals surface area (Å²) in [6.07, 6.45) is 1.70. The average Bonchev–Trinajstić information content (AvgIpc) is 2.82. The zero-order chi connectivity index (χ0) is 10.4. The molecule has 0 aliphatic carbocycles. The lowest BCUT2D eigenvalue weighted by Gasteiger charge is -2.19. The van der Waals surface area contributed by atoms with Crippen LogP contribution in [0.15, 0.2) is 11.4 Å². The van der Waals surface area contributed by atoms with Gasteiger partial charge >= 0.3 is 0 Å². The topological polar surface area (TPSA) is 49.4 Å². The normalized spacial score (nSPS) is 24.5. The molecule has 1 aromatic heterocycles. The van der Waals surface area contributed by atoms with E-state index in [1.807, 2.05) is 5.38 Å². The van der Waals surface area contributed by atoms with Gasteiger partial charge in [0.05, 0.1) is 5.56 Å². The van der Waals surface area contributed by atoms with E-state index in [1.165, 1.54) is 11.3 Å². The minimum Gasteiger partial charge on any atom is -0.327 e. The number of hydrogen-bond donors (Lipinski definition) is 1. The zero-order valence-corrected chi connectivity index (χ0v) is 8.84. The van der Waals surface area contributed by atoms with Gasteiger partial charge in [-0.1, -0.05) is 0 Å². The monoisotopic (exact) mass is 222 g/mol. The number of nitrogens with one attached hydrogen (secondary N) is 1. The molecule has 3 heterocycles. The summed E-state index contributed by atoms with van der Waals surface area (Å²) in [5.41, 5.74) is 0.637. The van der Waals surface area contributed by atoms with Crippen LogP contribution in [0, 0.1) is 0 Å². The molecule has 3 rings (SSSR count). The molecular weight excluding hydrogens is 212 g/mol. The molecule has 0 unspecified atom stereocenters. The highest BCUT2D eigenvalue weighted by atomic mass is 32.1. The van der Waals surface area contributed by atoms with Gasteiger partial charge in [0, 0.05) is 6.54 Å². The quantitative estimate of drug-likeness (QED) is 0.719. The van der Waals surface area contributed by atoms with Gasteiger partial charge in [-0.25, -0.2) is 0 Å². The van der Waals surface area contributed by atoms with Crippen LogP contribution >= 0.6 is 11.3 Å². The average molecular weight is 222 g/mol. The second-order valence-corrected chi connectivity index (χ2v) is 4.73. The molecule has 1 fully saturated rings. The number of carbonyl (C=O) groups excluding carboxylic acids is 2. The third-order valence-electron chi connectivity index (χ3n) is 2.95. The highest BCUT2D eigenvalue weighted by Crippen LogP contribution is 2.31. The van der Waals surface area contributed by atoms with Crippen molar-refractivity contribution in [3.8, 4) is 0 Å². The second kappa shape index (κ2) is 3.06. The number of thiophene rings is 1. The molecule has 0 bridgehead atoms. The van der Waals surface area contributed by atoms with Crippen molar-refractivity contribution in [1.29, 1.82) is 0 Å². The van der Waals surface area contributed by atoms with Gasteiger partial charge in [0.25, 0.3) is 5.91 Å². The number of amides is 2. The minimum absolute atomic E-state index is 0.00731. The Labute approximate surface area is 90.9 Å². The molecule has 1 N–H and O–H groups in total. The summed E-state index contributed by atoms with van der Waals surface area (Å²) in [6.45, 7) is 0.701. The summed E-state index contributed by atoms with van der Waals surface area (Å²) >= 11 is 1.41. The molecule has 5 heteroatoms. The van der Waals surface area contributed by atoms with Crippen LogP contribution in [0.25, 0.3) is 0 Å². The lowest BCUT2D eigenvalue weighted by atomic mass is 10.2. The fourth-order valence-corrected chi connectivity index (χ4v) is 2.99. The maximum absolute atomic E-state index is 12.1. The van der Waals surface area contributed by atoms with Gasteiger partial charge in [-0.05, 0) is 24.3 Å². The van der Waals surface area contributed by atoms with Gasteiger partial charge in [-0.3, -0.25) is 9.59 Å². The molecule has 1 atom stereocenters. The fourth-order valence-electron chi connectivity index (χ4n) is 2.21.